The molecule has 0 radical (unpaired) electrons. The molecule has 6 nitrogen and oxygen atoms in total. The van der Waals surface area contributed by atoms with Gasteiger partial charge in [0.25, 0.3) is 5.91 Å². The van der Waals surface area contributed by atoms with E-state index in [1.165, 1.54) is 24.3 Å². The third kappa shape index (κ3) is 5.20. The second-order valence-electron chi connectivity index (χ2n) is 6.20. The summed E-state index contributed by atoms with van der Waals surface area (Å²) in [6.45, 7) is 5.71. The molecule has 0 spiro atoms. The number of ether oxygens (including phenoxy) is 1. The van der Waals surface area contributed by atoms with Crippen LogP contribution in [0.3, 0.4) is 0 Å². The van der Waals surface area contributed by atoms with E-state index in [0.29, 0.717) is 16.5 Å². The SMILES string of the molecule is Cc1cc(OCC(=O)Nc2ccc(S(N)(=O)=O)cc2)c(C(C)C)cc1Cl. The number of sulfonamides is 1. The van der Waals surface area contributed by atoms with Crippen molar-refractivity contribution in [2.24, 2.45) is 5.14 Å². The topological polar surface area (TPSA) is 98.5 Å². The maximum Gasteiger partial charge on any atom is 0.262 e. The lowest BCUT2D eigenvalue weighted by atomic mass is 10.0. The van der Waals surface area contributed by atoms with Gasteiger partial charge in [-0.15, -0.1) is 0 Å². The van der Waals surface area contributed by atoms with E-state index in [1.54, 1.807) is 0 Å². The highest BCUT2D eigenvalue weighted by Crippen LogP contribution is 2.32. The quantitative estimate of drug-likeness (QED) is 0.781. The third-order valence-corrected chi connectivity index (χ3v) is 5.07. The van der Waals surface area contributed by atoms with Crippen molar-refractivity contribution in [2.75, 3.05) is 11.9 Å². The Bertz CT molecular complexity index is 910. The molecule has 0 fully saturated rings. The van der Waals surface area contributed by atoms with E-state index in [4.69, 9.17) is 21.5 Å². The molecule has 0 heterocycles. The van der Waals surface area contributed by atoms with Gasteiger partial charge >= 0.3 is 0 Å². The molecule has 0 saturated heterocycles. The Hall–Kier alpha value is -2.09. The fourth-order valence-electron chi connectivity index (χ4n) is 2.31. The van der Waals surface area contributed by atoms with Gasteiger partial charge in [0, 0.05) is 10.7 Å². The molecule has 2 aromatic carbocycles. The third-order valence-electron chi connectivity index (χ3n) is 3.74. The molecule has 0 aliphatic rings. The number of benzene rings is 2. The van der Waals surface area contributed by atoms with Gasteiger partial charge in [0.05, 0.1) is 4.90 Å². The predicted molar refractivity (Wildman–Crippen MR) is 102 cm³/mol. The van der Waals surface area contributed by atoms with Crippen LogP contribution in [-0.2, 0) is 14.8 Å². The molecule has 1 amide bonds. The number of anilines is 1. The minimum absolute atomic E-state index is 0.0232. The van der Waals surface area contributed by atoms with Crippen LogP contribution in [0, 0.1) is 6.92 Å². The minimum atomic E-state index is -3.76. The number of halogens is 1. The van der Waals surface area contributed by atoms with Crippen LogP contribution in [0.1, 0.15) is 30.9 Å². The normalized spacial score (nSPS) is 11.5. The van der Waals surface area contributed by atoms with Gasteiger partial charge in [0.2, 0.25) is 10.0 Å². The van der Waals surface area contributed by atoms with E-state index in [2.05, 4.69) is 5.32 Å². The molecule has 0 saturated carbocycles. The van der Waals surface area contributed by atoms with E-state index in [1.807, 2.05) is 32.9 Å². The number of nitrogens with one attached hydrogen (secondary N) is 1. The van der Waals surface area contributed by atoms with Crippen molar-refractivity contribution in [3.8, 4) is 5.75 Å². The number of hydrogen-bond donors (Lipinski definition) is 2. The summed E-state index contributed by atoms with van der Waals surface area (Å²) in [6, 6.07) is 9.23. The Morgan fingerprint density at radius 1 is 1.23 bits per heavy atom. The molecule has 0 aromatic heterocycles. The number of primary sulfonamides is 1. The Morgan fingerprint density at radius 2 is 1.85 bits per heavy atom. The summed E-state index contributed by atoms with van der Waals surface area (Å²) in [5, 5.41) is 8.33. The first-order valence-corrected chi connectivity index (χ1v) is 9.86. The van der Waals surface area contributed by atoms with Gasteiger partial charge in [0.15, 0.2) is 6.61 Å². The minimum Gasteiger partial charge on any atom is -0.483 e. The number of rotatable bonds is 6. The maximum atomic E-state index is 12.1. The first-order valence-electron chi connectivity index (χ1n) is 7.93. The van der Waals surface area contributed by atoms with Crippen LogP contribution in [0.25, 0.3) is 0 Å². The lowest BCUT2D eigenvalue weighted by Gasteiger charge is -2.16. The van der Waals surface area contributed by atoms with Crippen molar-refractivity contribution < 1.29 is 17.9 Å². The standard InChI is InChI=1S/C18H21ClN2O4S/c1-11(2)15-9-16(19)12(3)8-17(15)25-10-18(22)21-13-4-6-14(7-5-13)26(20,23)24/h4-9,11H,10H2,1-3H3,(H,21,22)(H2,20,23,24). The molecule has 26 heavy (non-hydrogen) atoms. The molecule has 2 rings (SSSR count). The maximum absolute atomic E-state index is 12.1. The van der Waals surface area contributed by atoms with E-state index in [0.717, 1.165) is 11.1 Å². The monoisotopic (exact) mass is 396 g/mol. The Balaban J connectivity index is 2.04. The number of aryl methyl sites for hydroxylation is 1. The summed E-state index contributed by atoms with van der Waals surface area (Å²) in [5.74, 6) is 0.439. The molecule has 140 valence electrons. The van der Waals surface area contributed by atoms with Crippen LogP contribution in [-0.4, -0.2) is 20.9 Å². The zero-order chi connectivity index (χ0) is 19.5. The van der Waals surface area contributed by atoms with Crippen molar-refractivity contribution in [3.05, 3.63) is 52.5 Å². The number of nitrogens with two attached hydrogens (primary N) is 1. The summed E-state index contributed by atoms with van der Waals surface area (Å²) in [7, 11) is -3.76. The largest absolute Gasteiger partial charge is 0.483 e. The van der Waals surface area contributed by atoms with Crippen molar-refractivity contribution in [1.82, 2.24) is 0 Å². The highest BCUT2D eigenvalue weighted by molar-refractivity contribution is 7.89. The van der Waals surface area contributed by atoms with Gasteiger partial charge < -0.3 is 10.1 Å². The van der Waals surface area contributed by atoms with Crippen LogP contribution in [0.5, 0.6) is 5.75 Å². The summed E-state index contributed by atoms with van der Waals surface area (Å²) < 4.78 is 28.1. The number of carbonyl (C=O) groups is 1. The van der Waals surface area contributed by atoms with E-state index in [-0.39, 0.29) is 23.3 Å². The molecule has 3 N–H and O–H groups in total. The van der Waals surface area contributed by atoms with Crippen molar-refractivity contribution in [1.29, 1.82) is 0 Å². The number of hydrogen-bond acceptors (Lipinski definition) is 4. The molecule has 2 aromatic rings. The molecule has 0 unspecified atom stereocenters. The van der Waals surface area contributed by atoms with Gasteiger partial charge in [-0.1, -0.05) is 25.4 Å². The number of amides is 1. The summed E-state index contributed by atoms with van der Waals surface area (Å²) in [5.41, 5.74) is 2.23. The zero-order valence-electron chi connectivity index (χ0n) is 14.7. The fraction of sp³-hybridized carbons (Fsp3) is 0.278. The highest BCUT2D eigenvalue weighted by Gasteiger charge is 2.13. The van der Waals surface area contributed by atoms with E-state index in [9.17, 15) is 13.2 Å². The molecule has 0 aliphatic carbocycles. The molecule has 0 atom stereocenters. The van der Waals surface area contributed by atoms with Gasteiger partial charge in [-0.2, -0.15) is 0 Å². The molecular weight excluding hydrogens is 376 g/mol. The van der Waals surface area contributed by atoms with Crippen molar-refractivity contribution in [3.63, 3.8) is 0 Å². The average Bonchev–Trinajstić information content (AvgIpc) is 2.55. The fourth-order valence-corrected chi connectivity index (χ4v) is 3.00. The first-order chi connectivity index (χ1) is 12.1. The summed E-state index contributed by atoms with van der Waals surface area (Å²) >= 11 is 6.16. The lowest BCUT2D eigenvalue weighted by Crippen LogP contribution is -2.21. The first kappa shape index (κ1) is 20.2. The van der Waals surface area contributed by atoms with E-state index >= 15 is 0 Å². The van der Waals surface area contributed by atoms with Crippen LogP contribution in [0.4, 0.5) is 5.69 Å². The highest BCUT2D eigenvalue weighted by atomic mass is 35.5. The van der Waals surface area contributed by atoms with Gasteiger partial charge in [0.1, 0.15) is 5.75 Å². The summed E-state index contributed by atoms with van der Waals surface area (Å²) in [4.78, 5) is 12.1. The molecule has 0 aliphatic heterocycles. The number of carbonyl (C=O) groups excluding carboxylic acids is 1. The predicted octanol–water partition coefficient (Wildman–Crippen LogP) is 3.44. The van der Waals surface area contributed by atoms with Crippen LogP contribution in [0.2, 0.25) is 5.02 Å². The van der Waals surface area contributed by atoms with Crippen molar-refractivity contribution >= 4 is 33.2 Å². The Labute approximate surface area is 158 Å². The van der Waals surface area contributed by atoms with Gasteiger partial charge in [-0.05, 0) is 60.4 Å². The molecule has 0 bridgehead atoms. The smallest absolute Gasteiger partial charge is 0.262 e. The Kier molecular flexibility index (Phi) is 6.28. The second kappa shape index (κ2) is 8.07. The van der Waals surface area contributed by atoms with Crippen LogP contribution >= 0.6 is 11.6 Å². The average molecular weight is 397 g/mol. The summed E-state index contributed by atoms with van der Waals surface area (Å²) in [6.07, 6.45) is 0. The second-order valence-corrected chi connectivity index (χ2v) is 8.17. The zero-order valence-corrected chi connectivity index (χ0v) is 16.3. The lowest BCUT2D eigenvalue weighted by molar-refractivity contribution is -0.118. The molecular formula is C18H21ClN2O4S. The van der Waals surface area contributed by atoms with Crippen LogP contribution < -0.4 is 15.2 Å². The van der Waals surface area contributed by atoms with E-state index < -0.39 is 10.0 Å². The Morgan fingerprint density at radius 3 is 2.38 bits per heavy atom. The van der Waals surface area contributed by atoms with Gasteiger partial charge in [-0.25, -0.2) is 13.6 Å². The molecule has 8 heteroatoms. The van der Waals surface area contributed by atoms with Gasteiger partial charge in [-0.3, -0.25) is 4.79 Å². The van der Waals surface area contributed by atoms with Crippen LogP contribution in [0.15, 0.2) is 41.3 Å². The van der Waals surface area contributed by atoms with Crippen molar-refractivity contribution in [2.45, 2.75) is 31.6 Å².